The first kappa shape index (κ1) is 19.9. The van der Waals surface area contributed by atoms with E-state index >= 15 is 0 Å². The van der Waals surface area contributed by atoms with Gasteiger partial charge in [0.15, 0.2) is 0 Å². The van der Waals surface area contributed by atoms with E-state index in [4.69, 9.17) is 19.3 Å². The van der Waals surface area contributed by atoms with E-state index in [0.717, 1.165) is 32.6 Å². The number of methoxy groups -OCH3 is 2. The van der Waals surface area contributed by atoms with Crippen molar-refractivity contribution in [2.75, 3.05) is 14.2 Å². The van der Waals surface area contributed by atoms with Crippen LogP contribution in [0.2, 0.25) is 0 Å². The third-order valence-corrected chi connectivity index (χ3v) is 6.13. The van der Waals surface area contributed by atoms with Crippen LogP contribution in [0.1, 0.15) is 35.4 Å². The van der Waals surface area contributed by atoms with Crippen LogP contribution in [0.3, 0.4) is 0 Å². The highest BCUT2D eigenvalue weighted by molar-refractivity contribution is 9.10. The fourth-order valence-electron chi connectivity index (χ4n) is 4.11. The van der Waals surface area contributed by atoms with Crippen LogP contribution in [0.4, 0.5) is 4.39 Å². The fraction of sp³-hybridized carbons (Fsp3) is 0.208. The maximum absolute atomic E-state index is 13.4. The largest absolute Gasteiger partial charge is 0.497 e. The van der Waals surface area contributed by atoms with E-state index in [-0.39, 0.29) is 11.9 Å². The van der Waals surface area contributed by atoms with Crippen LogP contribution in [-0.4, -0.2) is 24.9 Å². The molecular formula is C24H20BrFN2O3. The standard InChI is InChI=1S/C24H20BrFN2O3/c1-29-17-8-10-22(30-2)19(12-17)24-28-21(18-11-15(25)5-9-23(18)31-24)13-20(27-28)14-3-6-16(26)7-4-14/h3-12,21,24H,13H2,1-2H3/t21-,24+/m1/s1. The van der Waals surface area contributed by atoms with E-state index in [1.807, 2.05) is 35.3 Å². The molecule has 2 aliphatic heterocycles. The predicted octanol–water partition coefficient (Wildman–Crippen LogP) is 5.85. The Bertz CT molecular complexity index is 1170. The molecule has 158 valence electrons. The van der Waals surface area contributed by atoms with Crippen molar-refractivity contribution in [1.82, 2.24) is 5.01 Å². The molecular weight excluding hydrogens is 463 g/mol. The van der Waals surface area contributed by atoms with Crippen molar-refractivity contribution in [3.8, 4) is 17.2 Å². The summed E-state index contributed by atoms with van der Waals surface area (Å²) in [6.07, 6.45) is 0.183. The lowest BCUT2D eigenvalue weighted by molar-refractivity contribution is -0.0205. The van der Waals surface area contributed by atoms with Gasteiger partial charge in [0.05, 0.1) is 31.5 Å². The van der Waals surface area contributed by atoms with Crippen LogP contribution in [0.15, 0.2) is 70.2 Å². The maximum atomic E-state index is 13.4. The van der Waals surface area contributed by atoms with Crippen molar-refractivity contribution in [1.29, 1.82) is 0 Å². The van der Waals surface area contributed by atoms with Crippen LogP contribution in [0.5, 0.6) is 17.2 Å². The van der Waals surface area contributed by atoms with E-state index in [1.54, 1.807) is 26.4 Å². The van der Waals surface area contributed by atoms with Crippen LogP contribution in [0.25, 0.3) is 0 Å². The van der Waals surface area contributed by atoms with Gasteiger partial charge >= 0.3 is 0 Å². The van der Waals surface area contributed by atoms with Crippen LogP contribution >= 0.6 is 15.9 Å². The summed E-state index contributed by atoms with van der Waals surface area (Å²) < 4.78 is 31.9. The van der Waals surface area contributed by atoms with Crippen molar-refractivity contribution in [2.24, 2.45) is 5.10 Å². The molecule has 31 heavy (non-hydrogen) atoms. The maximum Gasteiger partial charge on any atom is 0.217 e. The van der Waals surface area contributed by atoms with Gasteiger partial charge < -0.3 is 14.2 Å². The Morgan fingerprint density at radius 1 is 1.00 bits per heavy atom. The van der Waals surface area contributed by atoms with E-state index in [1.165, 1.54) is 12.1 Å². The summed E-state index contributed by atoms with van der Waals surface area (Å²) in [5.41, 5.74) is 3.65. The average molecular weight is 483 g/mol. The molecule has 3 aromatic carbocycles. The number of benzene rings is 3. The first-order valence-corrected chi connectivity index (χ1v) is 10.7. The molecule has 2 aliphatic rings. The second kappa shape index (κ2) is 7.89. The van der Waals surface area contributed by atoms with Gasteiger partial charge in [0, 0.05) is 16.5 Å². The van der Waals surface area contributed by atoms with E-state index in [0.29, 0.717) is 17.9 Å². The molecule has 2 heterocycles. The molecule has 0 N–H and O–H groups in total. The molecule has 5 rings (SSSR count). The Morgan fingerprint density at radius 3 is 2.55 bits per heavy atom. The number of fused-ring (bicyclic) bond motifs is 3. The summed E-state index contributed by atoms with van der Waals surface area (Å²) in [6, 6.07) is 18.0. The van der Waals surface area contributed by atoms with Gasteiger partial charge in [0.2, 0.25) is 6.23 Å². The van der Waals surface area contributed by atoms with Gasteiger partial charge in [-0.3, -0.25) is 0 Å². The number of hydrogen-bond donors (Lipinski definition) is 0. The van der Waals surface area contributed by atoms with Crippen molar-refractivity contribution in [3.63, 3.8) is 0 Å². The van der Waals surface area contributed by atoms with Crippen LogP contribution in [0, 0.1) is 5.82 Å². The lowest BCUT2D eigenvalue weighted by Gasteiger charge is -2.38. The van der Waals surface area contributed by atoms with Crippen molar-refractivity contribution in [2.45, 2.75) is 18.7 Å². The molecule has 0 fully saturated rings. The Hall–Kier alpha value is -3.06. The van der Waals surface area contributed by atoms with E-state index in [2.05, 4.69) is 22.0 Å². The molecule has 0 aliphatic carbocycles. The van der Waals surface area contributed by atoms with Crippen molar-refractivity contribution < 1.29 is 18.6 Å². The molecule has 0 saturated carbocycles. The van der Waals surface area contributed by atoms with Crippen molar-refractivity contribution in [3.05, 3.63) is 87.6 Å². The summed E-state index contributed by atoms with van der Waals surface area (Å²) in [5.74, 6) is 1.93. The van der Waals surface area contributed by atoms with Gasteiger partial charge in [-0.1, -0.05) is 28.1 Å². The number of hydrogen-bond acceptors (Lipinski definition) is 5. The first-order chi connectivity index (χ1) is 15.1. The van der Waals surface area contributed by atoms with Crippen LogP contribution in [-0.2, 0) is 0 Å². The SMILES string of the molecule is COc1ccc(OC)c([C@@H]2Oc3ccc(Br)cc3[C@H]3CC(c4ccc(F)cc4)=NN32)c1. The zero-order valence-corrected chi connectivity index (χ0v) is 18.6. The molecule has 3 aromatic rings. The monoisotopic (exact) mass is 482 g/mol. The highest BCUT2D eigenvalue weighted by atomic mass is 79.9. The number of ether oxygens (including phenoxy) is 3. The summed E-state index contributed by atoms with van der Waals surface area (Å²) in [5, 5.41) is 6.88. The zero-order chi connectivity index (χ0) is 21.5. The second-order valence-electron chi connectivity index (χ2n) is 7.41. The Kier molecular flexibility index (Phi) is 5.06. The molecule has 0 saturated heterocycles. The fourth-order valence-corrected chi connectivity index (χ4v) is 4.49. The van der Waals surface area contributed by atoms with Gasteiger partial charge in [-0.15, -0.1) is 0 Å². The summed E-state index contributed by atoms with van der Waals surface area (Å²) in [4.78, 5) is 0. The Morgan fingerprint density at radius 2 is 1.81 bits per heavy atom. The lowest BCUT2D eigenvalue weighted by Crippen LogP contribution is -2.34. The normalized spacial score (nSPS) is 19.2. The van der Waals surface area contributed by atoms with Gasteiger partial charge in [0.1, 0.15) is 23.1 Å². The van der Waals surface area contributed by atoms with E-state index in [9.17, 15) is 4.39 Å². The summed E-state index contributed by atoms with van der Waals surface area (Å²) in [7, 11) is 3.26. The molecule has 0 aromatic heterocycles. The van der Waals surface area contributed by atoms with Crippen molar-refractivity contribution >= 4 is 21.6 Å². The molecule has 0 bridgehead atoms. The summed E-state index contributed by atoms with van der Waals surface area (Å²) >= 11 is 3.57. The van der Waals surface area contributed by atoms with Gasteiger partial charge in [-0.2, -0.15) is 5.10 Å². The Balaban J connectivity index is 1.63. The van der Waals surface area contributed by atoms with Gasteiger partial charge in [-0.05, 0) is 54.1 Å². The van der Waals surface area contributed by atoms with Crippen LogP contribution < -0.4 is 14.2 Å². The Labute approximate surface area is 188 Å². The van der Waals surface area contributed by atoms with Gasteiger partial charge in [0.25, 0.3) is 0 Å². The second-order valence-corrected chi connectivity index (χ2v) is 8.33. The molecule has 0 radical (unpaired) electrons. The molecule has 2 atom stereocenters. The quantitative estimate of drug-likeness (QED) is 0.467. The highest BCUT2D eigenvalue weighted by Crippen LogP contribution is 2.49. The van der Waals surface area contributed by atoms with Gasteiger partial charge in [-0.25, -0.2) is 9.40 Å². The third kappa shape index (κ3) is 3.53. The predicted molar refractivity (Wildman–Crippen MR) is 119 cm³/mol. The topological polar surface area (TPSA) is 43.3 Å². The highest BCUT2D eigenvalue weighted by Gasteiger charge is 2.42. The molecule has 7 heteroatoms. The smallest absolute Gasteiger partial charge is 0.217 e. The first-order valence-electron chi connectivity index (χ1n) is 9.87. The van der Waals surface area contributed by atoms with E-state index < -0.39 is 6.23 Å². The minimum atomic E-state index is -0.498. The molecule has 0 amide bonds. The number of halogens is 2. The average Bonchev–Trinajstić information content (AvgIpc) is 3.24. The number of nitrogens with zero attached hydrogens (tertiary/aromatic N) is 2. The molecule has 5 nitrogen and oxygen atoms in total. The molecule has 0 unspecified atom stereocenters. The number of hydrazone groups is 1. The zero-order valence-electron chi connectivity index (χ0n) is 17.0. The third-order valence-electron chi connectivity index (χ3n) is 5.63. The minimum absolute atomic E-state index is 0.0257. The number of rotatable bonds is 4. The lowest BCUT2D eigenvalue weighted by atomic mass is 9.96. The molecule has 0 spiro atoms. The minimum Gasteiger partial charge on any atom is -0.497 e. The summed E-state index contributed by atoms with van der Waals surface area (Å²) in [6.45, 7) is 0.